The molecule has 4 amide bonds. The first-order valence-corrected chi connectivity index (χ1v) is 9.87. The average molecular weight is 444 g/mol. The van der Waals surface area contributed by atoms with Crippen LogP contribution in [0.1, 0.15) is 19.4 Å². The number of hydrogen-bond acceptors (Lipinski definition) is 5. The second-order valence-electron chi connectivity index (χ2n) is 7.66. The standard InChI is InChI=1S/C22H22ClN3O5/c1-13-10-11-15(23)16(12-13)24-18(27)17(26-20(29)22(2,3)31-21(26)30)19(28)25(4)14-8-6-5-7-9-14/h5-12,17H,1-4H3,(H,24,27). The van der Waals surface area contributed by atoms with E-state index in [2.05, 4.69) is 5.32 Å². The quantitative estimate of drug-likeness (QED) is 0.714. The van der Waals surface area contributed by atoms with Gasteiger partial charge in [-0.25, -0.2) is 9.69 Å². The Labute approximate surface area is 184 Å². The van der Waals surface area contributed by atoms with Crippen LogP contribution in [0, 0.1) is 6.92 Å². The van der Waals surface area contributed by atoms with Crippen LogP contribution in [0.2, 0.25) is 5.02 Å². The molecule has 1 saturated heterocycles. The third-order valence-electron chi connectivity index (χ3n) is 4.87. The minimum absolute atomic E-state index is 0.247. The van der Waals surface area contributed by atoms with E-state index in [1.165, 1.54) is 25.8 Å². The maximum absolute atomic E-state index is 13.3. The largest absolute Gasteiger partial charge is 0.433 e. The molecule has 1 unspecified atom stereocenters. The number of aryl methyl sites for hydroxylation is 1. The number of ether oxygens (including phenoxy) is 1. The first-order chi connectivity index (χ1) is 14.5. The number of imide groups is 1. The third-order valence-corrected chi connectivity index (χ3v) is 5.20. The molecule has 1 heterocycles. The Morgan fingerprint density at radius 1 is 1.13 bits per heavy atom. The molecule has 0 bridgehead atoms. The molecule has 162 valence electrons. The van der Waals surface area contributed by atoms with E-state index in [-0.39, 0.29) is 10.7 Å². The third kappa shape index (κ3) is 4.39. The highest BCUT2D eigenvalue weighted by atomic mass is 35.5. The van der Waals surface area contributed by atoms with Gasteiger partial charge in [-0.05, 0) is 50.6 Å². The Morgan fingerprint density at radius 3 is 2.35 bits per heavy atom. The number of carbonyl (C=O) groups is 4. The lowest BCUT2D eigenvalue weighted by Gasteiger charge is -2.27. The highest BCUT2D eigenvalue weighted by Crippen LogP contribution is 2.29. The Kier molecular flexibility index (Phi) is 6.03. The number of likely N-dealkylation sites (N-methyl/N-ethyl adjacent to an activating group) is 1. The summed E-state index contributed by atoms with van der Waals surface area (Å²) < 4.78 is 5.09. The summed E-state index contributed by atoms with van der Waals surface area (Å²) in [5, 5.41) is 2.81. The zero-order valence-corrected chi connectivity index (χ0v) is 18.3. The Morgan fingerprint density at radius 2 is 1.77 bits per heavy atom. The fraction of sp³-hybridized carbons (Fsp3) is 0.273. The summed E-state index contributed by atoms with van der Waals surface area (Å²) in [5.74, 6) is -2.46. The molecule has 3 rings (SSSR count). The van der Waals surface area contributed by atoms with Crippen molar-refractivity contribution in [2.24, 2.45) is 0 Å². The summed E-state index contributed by atoms with van der Waals surface area (Å²) >= 11 is 6.16. The van der Waals surface area contributed by atoms with Crippen LogP contribution in [0.5, 0.6) is 0 Å². The lowest BCUT2D eigenvalue weighted by atomic mass is 10.1. The minimum atomic E-state index is -1.79. The topological polar surface area (TPSA) is 96.0 Å². The first kappa shape index (κ1) is 22.3. The zero-order chi connectivity index (χ0) is 22.9. The van der Waals surface area contributed by atoms with E-state index in [4.69, 9.17) is 16.3 Å². The lowest BCUT2D eigenvalue weighted by Crippen LogP contribution is -2.56. The number of anilines is 2. The fourth-order valence-electron chi connectivity index (χ4n) is 3.14. The fourth-order valence-corrected chi connectivity index (χ4v) is 3.31. The van der Waals surface area contributed by atoms with E-state index in [0.29, 0.717) is 10.6 Å². The molecule has 1 atom stereocenters. The van der Waals surface area contributed by atoms with Gasteiger partial charge in [0.2, 0.25) is 6.04 Å². The Hall–Kier alpha value is -3.39. The highest BCUT2D eigenvalue weighted by Gasteiger charge is 2.54. The van der Waals surface area contributed by atoms with Crippen molar-refractivity contribution in [3.63, 3.8) is 0 Å². The molecular formula is C22H22ClN3O5. The van der Waals surface area contributed by atoms with Gasteiger partial charge in [-0.1, -0.05) is 35.9 Å². The first-order valence-electron chi connectivity index (χ1n) is 9.49. The smallest absolute Gasteiger partial charge is 0.418 e. The normalized spacial score (nSPS) is 16.0. The van der Waals surface area contributed by atoms with Crippen molar-refractivity contribution in [1.82, 2.24) is 4.90 Å². The van der Waals surface area contributed by atoms with Crippen LogP contribution < -0.4 is 10.2 Å². The molecule has 9 heteroatoms. The van der Waals surface area contributed by atoms with Gasteiger partial charge < -0.3 is 15.0 Å². The average Bonchev–Trinajstić information content (AvgIpc) is 2.92. The number of cyclic esters (lactones) is 1. The SMILES string of the molecule is Cc1ccc(Cl)c(NC(=O)C(C(=O)N(C)c2ccccc2)N2C(=O)OC(C)(C)C2=O)c1. The molecule has 1 N–H and O–H groups in total. The van der Waals surface area contributed by atoms with Crippen molar-refractivity contribution in [2.75, 3.05) is 17.3 Å². The van der Waals surface area contributed by atoms with Gasteiger partial charge in [-0.3, -0.25) is 14.4 Å². The van der Waals surface area contributed by atoms with Gasteiger partial charge in [0.25, 0.3) is 17.7 Å². The summed E-state index contributed by atoms with van der Waals surface area (Å²) in [6, 6.07) is 11.7. The molecule has 0 spiro atoms. The van der Waals surface area contributed by atoms with E-state index in [0.717, 1.165) is 5.56 Å². The monoisotopic (exact) mass is 443 g/mol. The zero-order valence-electron chi connectivity index (χ0n) is 17.5. The summed E-state index contributed by atoms with van der Waals surface area (Å²) in [6.45, 7) is 4.59. The van der Waals surface area contributed by atoms with Gasteiger partial charge in [0.15, 0.2) is 5.60 Å². The van der Waals surface area contributed by atoms with Crippen LogP contribution >= 0.6 is 11.6 Å². The minimum Gasteiger partial charge on any atom is -0.433 e. The van der Waals surface area contributed by atoms with Crippen LogP contribution in [0.3, 0.4) is 0 Å². The van der Waals surface area contributed by atoms with Crippen molar-refractivity contribution < 1.29 is 23.9 Å². The molecule has 1 aliphatic heterocycles. The molecule has 2 aromatic rings. The Balaban J connectivity index is 2.01. The predicted octanol–water partition coefficient (Wildman–Crippen LogP) is 3.38. The summed E-state index contributed by atoms with van der Waals surface area (Å²) in [4.78, 5) is 53.6. The van der Waals surface area contributed by atoms with Crippen molar-refractivity contribution in [3.05, 3.63) is 59.1 Å². The second-order valence-corrected chi connectivity index (χ2v) is 8.07. The maximum atomic E-state index is 13.3. The molecule has 0 radical (unpaired) electrons. The van der Waals surface area contributed by atoms with E-state index in [9.17, 15) is 19.2 Å². The van der Waals surface area contributed by atoms with Crippen LogP contribution in [0.25, 0.3) is 0 Å². The summed E-state index contributed by atoms with van der Waals surface area (Å²) in [6.07, 6.45) is -1.07. The number of nitrogens with zero attached hydrogens (tertiary/aromatic N) is 2. The van der Waals surface area contributed by atoms with Gasteiger partial charge >= 0.3 is 6.09 Å². The van der Waals surface area contributed by atoms with E-state index in [1.54, 1.807) is 48.5 Å². The van der Waals surface area contributed by atoms with Crippen LogP contribution in [0.15, 0.2) is 48.5 Å². The Bertz CT molecular complexity index is 1050. The number of hydrogen-bond donors (Lipinski definition) is 1. The van der Waals surface area contributed by atoms with Crippen molar-refractivity contribution in [2.45, 2.75) is 32.4 Å². The summed E-state index contributed by atoms with van der Waals surface area (Å²) in [7, 11) is 1.45. The van der Waals surface area contributed by atoms with E-state index >= 15 is 0 Å². The number of nitrogens with one attached hydrogen (secondary N) is 1. The van der Waals surface area contributed by atoms with Crippen LogP contribution in [-0.2, 0) is 19.1 Å². The van der Waals surface area contributed by atoms with Crippen LogP contribution in [0.4, 0.5) is 16.2 Å². The maximum Gasteiger partial charge on any atom is 0.418 e. The second kappa shape index (κ2) is 8.39. The van der Waals surface area contributed by atoms with E-state index in [1.807, 2.05) is 6.92 Å². The molecule has 2 aromatic carbocycles. The summed E-state index contributed by atoms with van der Waals surface area (Å²) in [5.41, 5.74) is 0.0633. The highest BCUT2D eigenvalue weighted by molar-refractivity contribution is 6.34. The molecular weight excluding hydrogens is 422 g/mol. The number of rotatable bonds is 5. The molecule has 8 nitrogen and oxygen atoms in total. The molecule has 0 saturated carbocycles. The molecule has 1 fully saturated rings. The van der Waals surface area contributed by atoms with Gasteiger partial charge in [0.1, 0.15) is 0 Å². The number of para-hydroxylation sites is 1. The van der Waals surface area contributed by atoms with Gasteiger partial charge in [-0.2, -0.15) is 0 Å². The number of halogens is 1. The van der Waals surface area contributed by atoms with Crippen molar-refractivity contribution >= 4 is 46.8 Å². The molecule has 0 aromatic heterocycles. The number of carbonyl (C=O) groups excluding carboxylic acids is 4. The van der Waals surface area contributed by atoms with Gasteiger partial charge in [0, 0.05) is 12.7 Å². The van der Waals surface area contributed by atoms with E-state index < -0.39 is 35.5 Å². The molecule has 0 aliphatic carbocycles. The van der Waals surface area contributed by atoms with Crippen molar-refractivity contribution in [1.29, 1.82) is 0 Å². The van der Waals surface area contributed by atoms with Crippen molar-refractivity contribution in [3.8, 4) is 0 Å². The lowest BCUT2D eigenvalue weighted by molar-refractivity contribution is -0.143. The van der Waals surface area contributed by atoms with Gasteiger partial charge in [-0.15, -0.1) is 0 Å². The number of amides is 4. The molecule has 1 aliphatic rings. The number of benzene rings is 2. The predicted molar refractivity (Wildman–Crippen MR) is 116 cm³/mol. The van der Waals surface area contributed by atoms with Crippen LogP contribution in [-0.4, -0.2) is 47.4 Å². The molecule has 31 heavy (non-hydrogen) atoms. The van der Waals surface area contributed by atoms with Gasteiger partial charge in [0.05, 0.1) is 10.7 Å².